The summed E-state index contributed by atoms with van der Waals surface area (Å²) in [6, 6.07) is 5.02. The first-order valence-corrected chi connectivity index (χ1v) is 6.73. The Labute approximate surface area is 103 Å². The van der Waals surface area contributed by atoms with Crippen LogP contribution in [0.3, 0.4) is 0 Å². The topological polar surface area (TPSA) is 26.2 Å². The Morgan fingerprint density at radius 3 is 2.82 bits per heavy atom. The SMILES string of the molecule is Cc1ccc(C)n1CC1CCC2NCCOC12. The zero-order valence-electron chi connectivity index (χ0n) is 10.8. The smallest absolute Gasteiger partial charge is 0.0773 e. The van der Waals surface area contributed by atoms with E-state index in [4.69, 9.17) is 4.74 Å². The molecule has 3 nitrogen and oxygen atoms in total. The second-order valence-corrected chi connectivity index (χ2v) is 5.46. The van der Waals surface area contributed by atoms with E-state index in [1.54, 1.807) is 0 Å². The number of aromatic nitrogens is 1. The second kappa shape index (κ2) is 4.46. The summed E-state index contributed by atoms with van der Waals surface area (Å²) < 4.78 is 8.40. The van der Waals surface area contributed by atoms with E-state index in [1.807, 2.05) is 0 Å². The van der Waals surface area contributed by atoms with Gasteiger partial charge in [-0.05, 0) is 38.8 Å². The maximum absolute atomic E-state index is 5.97. The molecule has 0 aromatic carbocycles. The monoisotopic (exact) mass is 234 g/mol. The van der Waals surface area contributed by atoms with Gasteiger partial charge in [-0.25, -0.2) is 0 Å². The van der Waals surface area contributed by atoms with Crippen molar-refractivity contribution in [3.8, 4) is 0 Å². The first kappa shape index (κ1) is 11.3. The van der Waals surface area contributed by atoms with Gasteiger partial charge in [0.25, 0.3) is 0 Å². The maximum Gasteiger partial charge on any atom is 0.0773 e. The van der Waals surface area contributed by atoms with Crippen LogP contribution in [0.15, 0.2) is 12.1 Å². The third-order valence-corrected chi connectivity index (χ3v) is 4.36. The zero-order chi connectivity index (χ0) is 11.8. The number of hydrogen-bond donors (Lipinski definition) is 1. The third kappa shape index (κ3) is 2.02. The van der Waals surface area contributed by atoms with E-state index in [0.717, 1.165) is 19.7 Å². The maximum atomic E-state index is 5.97. The van der Waals surface area contributed by atoms with Gasteiger partial charge in [0, 0.05) is 36.4 Å². The third-order valence-electron chi connectivity index (χ3n) is 4.36. The number of morpholine rings is 1. The standard InChI is InChI=1S/C14H22N2O/c1-10-3-4-11(2)16(10)9-12-5-6-13-14(12)17-8-7-15-13/h3-4,12-15H,5-9H2,1-2H3. The number of hydrogen-bond acceptors (Lipinski definition) is 2. The molecular weight excluding hydrogens is 212 g/mol. The van der Waals surface area contributed by atoms with Crippen LogP contribution >= 0.6 is 0 Å². The van der Waals surface area contributed by atoms with E-state index in [0.29, 0.717) is 18.1 Å². The average Bonchev–Trinajstić information content (AvgIpc) is 2.88. The second-order valence-electron chi connectivity index (χ2n) is 5.46. The molecule has 0 radical (unpaired) electrons. The molecule has 1 aromatic rings. The fourth-order valence-corrected chi connectivity index (χ4v) is 3.38. The van der Waals surface area contributed by atoms with Gasteiger partial charge in [-0.15, -0.1) is 0 Å². The summed E-state index contributed by atoms with van der Waals surface area (Å²) >= 11 is 0. The fraction of sp³-hybridized carbons (Fsp3) is 0.714. The van der Waals surface area contributed by atoms with Crippen molar-refractivity contribution >= 4 is 0 Å². The van der Waals surface area contributed by atoms with Crippen LogP contribution in [0.4, 0.5) is 0 Å². The largest absolute Gasteiger partial charge is 0.375 e. The van der Waals surface area contributed by atoms with Crippen LogP contribution in [0.2, 0.25) is 0 Å². The molecule has 94 valence electrons. The van der Waals surface area contributed by atoms with Gasteiger partial charge in [0.1, 0.15) is 0 Å². The van der Waals surface area contributed by atoms with Gasteiger partial charge in [0.15, 0.2) is 0 Å². The van der Waals surface area contributed by atoms with Gasteiger partial charge in [0.2, 0.25) is 0 Å². The molecule has 0 amide bonds. The fourth-order valence-electron chi connectivity index (χ4n) is 3.38. The van der Waals surface area contributed by atoms with Crippen molar-refractivity contribution in [3.05, 3.63) is 23.5 Å². The van der Waals surface area contributed by atoms with Crippen molar-refractivity contribution in [2.75, 3.05) is 13.2 Å². The molecule has 2 fully saturated rings. The van der Waals surface area contributed by atoms with E-state index in [9.17, 15) is 0 Å². The number of fused-ring (bicyclic) bond motifs is 1. The Hall–Kier alpha value is -0.800. The van der Waals surface area contributed by atoms with Crippen molar-refractivity contribution in [2.24, 2.45) is 5.92 Å². The van der Waals surface area contributed by atoms with Gasteiger partial charge in [-0.3, -0.25) is 0 Å². The Morgan fingerprint density at radius 2 is 2.06 bits per heavy atom. The Kier molecular flexibility index (Phi) is 2.97. The van der Waals surface area contributed by atoms with Crippen LogP contribution in [-0.2, 0) is 11.3 Å². The summed E-state index contributed by atoms with van der Waals surface area (Å²) in [5.74, 6) is 0.678. The molecule has 1 aliphatic carbocycles. The van der Waals surface area contributed by atoms with Crippen molar-refractivity contribution < 1.29 is 4.74 Å². The summed E-state index contributed by atoms with van der Waals surface area (Å²) in [5, 5.41) is 3.59. The van der Waals surface area contributed by atoms with Crippen molar-refractivity contribution in [1.82, 2.24) is 9.88 Å². The Balaban J connectivity index is 1.73. The molecule has 17 heavy (non-hydrogen) atoms. The minimum absolute atomic E-state index is 0.435. The lowest BCUT2D eigenvalue weighted by Gasteiger charge is -2.31. The minimum Gasteiger partial charge on any atom is -0.375 e. The summed E-state index contributed by atoms with van der Waals surface area (Å²) in [5.41, 5.74) is 2.74. The van der Waals surface area contributed by atoms with Crippen molar-refractivity contribution in [1.29, 1.82) is 0 Å². The van der Waals surface area contributed by atoms with Crippen LogP contribution in [0.25, 0.3) is 0 Å². The highest BCUT2D eigenvalue weighted by Crippen LogP contribution is 2.32. The van der Waals surface area contributed by atoms with E-state index in [-0.39, 0.29) is 0 Å². The van der Waals surface area contributed by atoms with Crippen molar-refractivity contribution in [3.63, 3.8) is 0 Å². The molecule has 3 atom stereocenters. The van der Waals surface area contributed by atoms with Gasteiger partial charge in [-0.2, -0.15) is 0 Å². The molecular formula is C14H22N2O. The number of nitrogens with one attached hydrogen (secondary N) is 1. The molecule has 2 aliphatic rings. The van der Waals surface area contributed by atoms with E-state index in [2.05, 4.69) is 35.9 Å². The molecule has 0 spiro atoms. The van der Waals surface area contributed by atoms with Crippen LogP contribution in [0.5, 0.6) is 0 Å². The molecule has 1 aliphatic heterocycles. The normalized spacial score (nSPS) is 32.7. The predicted molar refractivity (Wildman–Crippen MR) is 68.2 cm³/mol. The molecule has 3 rings (SSSR count). The van der Waals surface area contributed by atoms with Crippen LogP contribution in [0.1, 0.15) is 24.2 Å². The molecule has 1 saturated heterocycles. The highest BCUT2D eigenvalue weighted by atomic mass is 16.5. The van der Waals surface area contributed by atoms with Gasteiger partial charge >= 0.3 is 0 Å². The quantitative estimate of drug-likeness (QED) is 0.845. The lowest BCUT2D eigenvalue weighted by Crippen LogP contribution is -2.47. The number of ether oxygens (including phenoxy) is 1. The molecule has 1 N–H and O–H groups in total. The summed E-state index contributed by atoms with van der Waals surface area (Å²) in [7, 11) is 0. The summed E-state index contributed by atoms with van der Waals surface area (Å²) in [6.45, 7) is 7.41. The summed E-state index contributed by atoms with van der Waals surface area (Å²) in [6.07, 6.45) is 3.00. The molecule has 3 heteroatoms. The van der Waals surface area contributed by atoms with Crippen LogP contribution in [-0.4, -0.2) is 29.9 Å². The molecule has 3 unspecified atom stereocenters. The molecule has 0 bridgehead atoms. The zero-order valence-corrected chi connectivity index (χ0v) is 10.8. The van der Waals surface area contributed by atoms with E-state index < -0.39 is 0 Å². The van der Waals surface area contributed by atoms with Gasteiger partial charge in [-0.1, -0.05) is 0 Å². The first-order valence-electron chi connectivity index (χ1n) is 6.73. The van der Waals surface area contributed by atoms with Crippen LogP contribution < -0.4 is 5.32 Å². The number of rotatable bonds is 2. The van der Waals surface area contributed by atoms with Gasteiger partial charge < -0.3 is 14.6 Å². The number of aryl methyl sites for hydroxylation is 2. The highest BCUT2D eigenvalue weighted by molar-refractivity contribution is 5.14. The van der Waals surface area contributed by atoms with Crippen molar-refractivity contribution in [2.45, 2.75) is 45.4 Å². The molecule has 1 aromatic heterocycles. The first-order chi connectivity index (χ1) is 8.25. The predicted octanol–water partition coefficient (Wildman–Crippen LogP) is 1.87. The molecule has 1 saturated carbocycles. The van der Waals surface area contributed by atoms with Gasteiger partial charge in [0.05, 0.1) is 12.7 Å². The van der Waals surface area contributed by atoms with E-state index in [1.165, 1.54) is 24.2 Å². The minimum atomic E-state index is 0.435. The Morgan fingerprint density at radius 1 is 1.29 bits per heavy atom. The Bertz CT molecular complexity index is 379. The number of nitrogens with zero attached hydrogens (tertiary/aromatic N) is 1. The summed E-state index contributed by atoms with van der Waals surface area (Å²) in [4.78, 5) is 0. The average molecular weight is 234 g/mol. The van der Waals surface area contributed by atoms with E-state index >= 15 is 0 Å². The lowest BCUT2D eigenvalue weighted by atomic mass is 10.0. The highest BCUT2D eigenvalue weighted by Gasteiger charge is 2.38. The van der Waals surface area contributed by atoms with Crippen LogP contribution in [0, 0.1) is 19.8 Å². The lowest BCUT2D eigenvalue weighted by molar-refractivity contribution is -0.0181. The molecule has 2 heterocycles.